The number of anilines is 1. The first-order valence-electron chi connectivity index (χ1n) is 5.77. The van der Waals surface area contributed by atoms with Gasteiger partial charge in [-0.05, 0) is 18.2 Å². The van der Waals surface area contributed by atoms with Gasteiger partial charge in [0.25, 0.3) is 0 Å². The first-order chi connectivity index (χ1) is 8.84. The van der Waals surface area contributed by atoms with Crippen molar-refractivity contribution in [2.75, 3.05) is 5.73 Å². The number of para-hydroxylation sites is 2. The number of nitrogens with two attached hydrogens (primary N) is 1. The molecule has 0 amide bonds. The Kier molecular flexibility index (Phi) is 2.65. The number of benzene rings is 2. The van der Waals surface area contributed by atoms with Crippen LogP contribution in [-0.2, 0) is 6.61 Å². The molecule has 3 nitrogen and oxygen atoms in total. The molecule has 90 valence electrons. The van der Waals surface area contributed by atoms with E-state index < -0.39 is 0 Å². The van der Waals surface area contributed by atoms with Crippen molar-refractivity contribution in [2.24, 2.45) is 0 Å². The number of rotatable bonds is 3. The second-order valence-corrected chi connectivity index (χ2v) is 4.09. The maximum atomic E-state index is 5.84. The predicted molar refractivity (Wildman–Crippen MR) is 71.4 cm³/mol. The molecular weight excluding hydrogens is 226 g/mol. The minimum atomic E-state index is 0.473. The van der Waals surface area contributed by atoms with Gasteiger partial charge >= 0.3 is 0 Å². The molecule has 1 heterocycles. The molecule has 2 aromatic carbocycles. The van der Waals surface area contributed by atoms with Crippen molar-refractivity contribution in [3.8, 4) is 5.75 Å². The van der Waals surface area contributed by atoms with Crippen molar-refractivity contribution >= 4 is 16.7 Å². The lowest BCUT2D eigenvalue weighted by atomic mass is 10.1. The predicted octanol–water partition coefficient (Wildman–Crippen LogP) is 3.59. The summed E-state index contributed by atoms with van der Waals surface area (Å²) in [5.74, 6) is 0.843. The maximum absolute atomic E-state index is 5.84. The van der Waals surface area contributed by atoms with E-state index in [0.717, 1.165) is 22.3 Å². The van der Waals surface area contributed by atoms with E-state index in [1.165, 1.54) is 0 Å². The van der Waals surface area contributed by atoms with Crippen LogP contribution in [-0.4, -0.2) is 0 Å². The average Bonchev–Trinajstić information content (AvgIpc) is 2.82. The zero-order valence-corrected chi connectivity index (χ0v) is 9.80. The van der Waals surface area contributed by atoms with E-state index in [1.54, 1.807) is 6.26 Å². The van der Waals surface area contributed by atoms with Crippen LogP contribution in [0.4, 0.5) is 5.69 Å². The largest absolute Gasteiger partial charge is 0.489 e. The zero-order chi connectivity index (χ0) is 12.4. The third-order valence-corrected chi connectivity index (χ3v) is 2.85. The molecule has 0 fully saturated rings. The summed E-state index contributed by atoms with van der Waals surface area (Å²) in [5.41, 5.74) is 8.22. The van der Waals surface area contributed by atoms with Gasteiger partial charge in [-0.15, -0.1) is 0 Å². The minimum absolute atomic E-state index is 0.473. The van der Waals surface area contributed by atoms with Gasteiger partial charge in [-0.1, -0.05) is 30.3 Å². The zero-order valence-electron chi connectivity index (χ0n) is 9.80. The van der Waals surface area contributed by atoms with Crippen LogP contribution < -0.4 is 10.5 Å². The molecule has 18 heavy (non-hydrogen) atoms. The molecule has 3 heteroatoms. The van der Waals surface area contributed by atoms with Crippen LogP contribution in [0.5, 0.6) is 5.75 Å². The summed E-state index contributed by atoms with van der Waals surface area (Å²) in [6.45, 7) is 0.473. The molecule has 0 bridgehead atoms. The first-order valence-corrected chi connectivity index (χ1v) is 5.77. The van der Waals surface area contributed by atoms with Crippen molar-refractivity contribution in [3.63, 3.8) is 0 Å². The smallest absolute Gasteiger partial charge is 0.157 e. The topological polar surface area (TPSA) is 48.4 Å². The van der Waals surface area contributed by atoms with Gasteiger partial charge < -0.3 is 14.9 Å². The van der Waals surface area contributed by atoms with E-state index >= 15 is 0 Å². The number of nitrogen functional groups attached to an aromatic ring is 1. The Morgan fingerprint density at radius 1 is 1.00 bits per heavy atom. The monoisotopic (exact) mass is 239 g/mol. The van der Waals surface area contributed by atoms with Crippen LogP contribution in [0.1, 0.15) is 5.56 Å². The van der Waals surface area contributed by atoms with Crippen LogP contribution in [0, 0.1) is 0 Å². The lowest BCUT2D eigenvalue weighted by Gasteiger charge is -2.04. The maximum Gasteiger partial charge on any atom is 0.157 e. The van der Waals surface area contributed by atoms with Gasteiger partial charge in [0.2, 0.25) is 0 Å². The standard InChI is InChI=1S/C15H13NO2/c16-14-8-4-7-13-11(10-18-15(13)14)9-17-12-5-2-1-3-6-12/h1-8,10H,9,16H2. The van der Waals surface area contributed by atoms with Crippen molar-refractivity contribution in [2.45, 2.75) is 6.61 Å². The van der Waals surface area contributed by atoms with Crippen LogP contribution in [0.2, 0.25) is 0 Å². The summed E-state index contributed by atoms with van der Waals surface area (Å²) in [7, 11) is 0. The van der Waals surface area contributed by atoms with Crippen molar-refractivity contribution in [1.82, 2.24) is 0 Å². The molecule has 0 radical (unpaired) electrons. The van der Waals surface area contributed by atoms with E-state index in [9.17, 15) is 0 Å². The fourth-order valence-electron chi connectivity index (χ4n) is 1.92. The molecule has 3 aromatic rings. The Morgan fingerprint density at radius 2 is 1.83 bits per heavy atom. The third-order valence-electron chi connectivity index (χ3n) is 2.85. The lowest BCUT2D eigenvalue weighted by Crippen LogP contribution is -1.94. The highest BCUT2D eigenvalue weighted by Crippen LogP contribution is 2.26. The van der Waals surface area contributed by atoms with Gasteiger partial charge in [-0.3, -0.25) is 0 Å². The summed E-state index contributed by atoms with van der Waals surface area (Å²) in [4.78, 5) is 0. The normalized spacial score (nSPS) is 10.7. The van der Waals surface area contributed by atoms with E-state index in [0.29, 0.717) is 12.3 Å². The molecule has 0 aliphatic rings. The van der Waals surface area contributed by atoms with Gasteiger partial charge in [0.15, 0.2) is 5.58 Å². The molecule has 0 aliphatic carbocycles. The average molecular weight is 239 g/mol. The van der Waals surface area contributed by atoms with Crippen LogP contribution in [0.15, 0.2) is 59.2 Å². The van der Waals surface area contributed by atoms with Gasteiger partial charge in [0, 0.05) is 10.9 Å². The van der Waals surface area contributed by atoms with Gasteiger partial charge in [0.1, 0.15) is 12.4 Å². The minimum Gasteiger partial charge on any atom is -0.489 e. The highest BCUT2D eigenvalue weighted by molar-refractivity contribution is 5.90. The molecule has 3 rings (SSSR count). The van der Waals surface area contributed by atoms with Crippen molar-refractivity contribution in [1.29, 1.82) is 0 Å². The van der Waals surface area contributed by atoms with Crippen LogP contribution in [0.3, 0.4) is 0 Å². The quantitative estimate of drug-likeness (QED) is 0.710. The summed E-state index contributed by atoms with van der Waals surface area (Å²) in [5, 5.41) is 1.01. The van der Waals surface area contributed by atoms with E-state index in [1.807, 2.05) is 48.5 Å². The molecule has 1 aromatic heterocycles. The van der Waals surface area contributed by atoms with Crippen LogP contribution >= 0.6 is 0 Å². The fraction of sp³-hybridized carbons (Fsp3) is 0.0667. The summed E-state index contributed by atoms with van der Waals surface area (Å²) < 4.78 is 11.2. The number of fused-ring (bicyclic) bond motifs is 1. The SMILES string of the molecule is Nc1cccc2c(COc3ccccc3)coc12. The summed E-state index contributed by atoms with van der Waals surface area (Å²) in [6.07, 6.45) is 1.70. The van der Waals surface area contributed by atoms with Gasteiger partial charge in [-0.25, -0.2) is 0 Å². The van der Waals surface area contributed by atoms with E-state index in [-0.39, 0.29) is 0 Å². The summed E-state index contributed by atoms with van der Waals surface area (Å²) in [6, 6.07) is 15.4. The second kappa shape index (κ2) is 4.45. The highest BCUT2D eigenvalue weighted by Gasteiger charge is 2.08. The second-order valence-electron chi connectivity index (χ2n) is 4.09. The molecule has 0 saturated carbocycles. The molecule has 0 saturated heterocycles. The number of hydrogen-bond acceptors (Lipinski definition) is 3. The highest BCUT2D eigenvalue weighted by atomic mass is 16.5. The molecule has 0 atom stereocenters. The lowest BCUT2D eigenvalue weighted by molar-refractivity contribution is 0.306. The number of ether oxygens (including phenoxy) is 1. The fourth-order valence-corrected chi connectivity index (χ4v) is 1.92. The van der Waals surface area contributed by atoms with Gasteiger partial charge in [-0.2, -0.15) is 0 Å². The Hall–Kier alpha value is -2.42. The molecule has 2 N–H and O–H groups in total. The van der Waals surface area contributed by atoms with Crippen LogP contribution in [0.25, 0.3) is 11.0 Å². The van der Waals surface area contributed by atoms with Gasteiger partial charge in [0.05, 0.1) is 12.0 Å². The number of furan rings is 1. The Labute approximate surface area is 105 Å². The Morgan fingerprint density at radius 3 is 2.67 bits per heavy atom. The summed E-state index contributed by atoms with van der Waals surface area (Å²) >= 11 is 0. The molecule has 0 unspecified atom stereocenters. The molecule has 0 aliphatic heterocycles. The van der Waals surface area contributed by atoms with E-state index in [4.69, 9.17) is 14.9 Å². The Bertz CT molecular complexity index is 659. The molecule has 0 spiro atoms. The Balaban J connectivity index is 1.85. The van der Waals surface area contributed by atoms with Crippen molar-refractivity contribution < 1.29 is 9.15 Å². The number of hydrogen-bond donors (Lipinski definition) is 1. The third kappa shape index (κ3) is 1.91. The van der Waals surface area contributed by atoms with Crippen molar-refractivity contribution in [3.05, 3.63) is 60.4 Å². The van der Waals surface area contributed by atoms with E-state index in [2.05, 4.69) is 0 Å². The first kappa shape index (κ1) is 10.7. The molecular formula is C15H13NO2.